The van der Waals surface area contributed by atoms with Gasteiger partial charge >= 0.3 is 0 Å². The number of hydrogen-bond donors (Lipinski definition) is 2. The Morgan fingerprint density at radius 2 is 2.00 bits per heavy atom. The smallest absolute Gasteiger partial charge is 0.191 e. The van der Waals surface area contributed by atoms with Gasteiger partial charge in [-0.2, -0.15) is 0 Å². The van der Waals surface area contributed by atoms with Gasteiger partial charge in [-0.25, -0.2) is 0 Å². The van der Waals surface area contributed by atoms with E-state index >= 15 is 0 Å². The average Bonchev–Trinajstić information content (AvgIpc) is 2.46. The summed E-state index contributed by atoms with van der Waals surface area (Å²) in [7, 11) is 1.70. The molecule has 1 rings (SSSR count). The molecule has 1 aromatic rings. The molecule has 0 radical (unpaired) electrons. The van der Waals surface area contributed by atoms with Crippen molar-refractivity contribution in [3.63, 3.8) is 0 Å². The van der Waals surface area contributed by atoms with E-state index in [9.17, 15) is 0 Å². The maximum Gasteiger partial charge on any atom is 0.191 e. The van der Waals surface area contributed by atoms with Crippen LogP contribution in [0.3, 0.4) is 0 Å². The Bertz CT molecular complexity index is 426. The predicted octanol–water partition coefficient (Wildman–Crippen LogP) is 3.48. The maximum absolute atomic E-state index is 5.87. The van der Waals surface area contributed by atoms with Gasteiger partial charge in [0, 0.05) is 31.3 Å². The molecule has 4 nitrogen and oxygen atoms in total. The van der Waals surface area contributed by atoms with Crippen LogP contribution in [0.2, 0.25) is 5.02 Å². The molecule has 2 N–H and O–H groups in total. The molecule has 0 heterocycles. The molecule has 0 bridgehead atoms. The number of nitrogens with one attached hydrogen (secondary N) is 2. The van der Waals surface area contributed by atoms with Gasteiger partial charge in [0.05, 0.1) is 6.61 Å². The third kappa shape index (κ3) is 9.48. The van der Waals surface area contributed by atoms with Crippen LogP contribution in [0.4, 0.5) is 0 Å². The summed E-state index contributed by atoms with van der Waals surface area (Å²) in [5, 5.41) is 7.35. The molecule has 0 spiro atoms. The van der Waals surface area contributed by atoms with Crippen LogP contribution in [0, 0.1) is 0 Å². The second-order valence-electron chi connectivity index (χ2n) is 4.99. The Balaban J connectivity index is 0.00000441. The predicted molar refractivity (Wildman–Crippen MR) is 106 cm³/mol. The molecule has 1 unspecified atom stereocenters. The largest absolute Gasteiger partial charge is 0.383 e. The fourth-order valence-corrected chi connectivity index (χ4v) is 2.10. The molecular weight excluding hydrogens is 413 g/mol. The number of nitrogens with zero attached hydrogens (tertiary/aromatic N) is 1. The highest BCUT2D eigenvalue weighted by Gasteiger charge is 2.03. The minimum atomic E-state index is 0. The first-order chi connectivity index (χ1) is 10.2. The number of guanidine groups is 1. The quantitative estimate of drug-likeness (QED) is 0.282. The topological polar surface area (TPSA) is 45.7 Å². The van der Waals surface area contributed by atoms with Gasteiger partial charge in [-0.05, 0) is 44.4 Å². The Kier molecular flexibility index (Phi) is 12.6. The second kappa shape index (κ2) is 13.0. The first-order valence-corrected chi connectivity index (χ1v) is 7.81. The molecule has 6 heteroatoms. The first-order valence-electron chi connectivity index (χ1n) is 7.44. The molecular formula is C16H27ClIN3O. The van der Waals surface area contributed by atoms with E-state index in [0.717, 1.165) is 36.9 Å². The van der Waals surface area contributed by atoms with E-state index in [1.165, 1.54) is 5.56 Å². The Labute approximate surface area is 156 Å². The standard InChI is InChI=1S/C16H26ClN3O.HI/c1-4-18-16(20-13(2)12-21-3)19-11-5-6-14-7-9-15(17)10-8-14;/h7-10,13H,4-6,11-12H2,1-3H3,(H2,18,19,20);1H. The Morgan fingerprint density at radius 3 is 2.59 bits per heavy atom. The van der Waals surface area contributed by atoms with Gasteiger partial charge in [0.1, 0.15) is 0 Å². The van der Waals surface area contributed by atoms with Crippen molar-refractivity contribution in [3.05, 3.63) is 34.9 Å². The van der Waals surface area contributed by atoms with E-state index in [4.69, 9.17) is 16.3 Å². The van der Waals surface area contributed by atoms with Gasteiger partial charge in [0.2, 0.25) is 0 Å². The van der Waals surface area contributed by atoms with E-state index in [1.54, 1.807) is 7.11 Å². The van der Waals surface area contributed by atoms with Gasteiger partial charge in [-0.1, -0.05) is 23.7 Å². The lowest BCUT2D eigenvalue weighted by Gasteiger charge is -2.16. The van der Waals surface area contributed by atoms with Gasteiger partial charge in [-0.3, -0.25) is 4.99 Å². The Hall–Kier alpha value is -0.530. The van der Waals surface area contributed by atoms with E-state index in [-0.39, 0.29) is 30.0 Å². The molecule has 0 aliphatic rings. The van der Waals surface area contributed by atoms with Crippen molar-refractivity contribution in [2.75, 3.05) is 26.8 Å². The summed E-state index contributed by atoms with van der Waals surface area (Å²) >= 11 is 5.87. The summed E-state index contributed by atoms with van der Waals surface area (Å²) < 4.78 is 5.12. The van der Waals surface area contributed by atoms with E-state index in [2.05, 4.69) is 41.6 Å². The fourth-order valence-electron chi connectivity index (χ4n) is 1.97. The molecule has 0 fully saturated rings. The van der Waals surface area contributed by atoms with Gasteiger partial charge in [0.25, 0.3) is 0 Å². The summed E-state index contributed by atoms with van der Waals surface area (Å²) in [5.41, 5.74) is 1.29. The van der Waals surface area contributed by atoms with Crippen LogP contribution in [-0.2, 0) is 11.2 Å². The normalized spacial score (nSPS) is 12.5. The summed E-state index contributed by atoms with van der Waals surface area (Å²) in [5.74, 6) is 0.846. The fraction of sp³-hybridized carbons (Fsp3) is 0.562. The van der Waals surface area contributed by atoms with Crippen LogP contribution in [0.1, 0.15) is 25.8 Å². The highest BCUT2D eigenvalue weighted by Crippen LogP contribution is 2.10. The number of aliphatic imine (C=N–C) groups is 1. The van der Waals surface area contributed by atoms with Crippen molar-refractivity contribution in [1.29, 1.82) is 0 Å². The lowest BCUT2D eigenvalue weighted by atomic mass is 10.1. The van der Waals surface area contributed by atoms with E-state index in [0.29, 0.717) is 6.61 Å². The first kappa shape index (κ1) is 21.5. The minimum Gasteiger partial charge on any atom is -0.383 e. The molecule has 0 saturated heterocycles. The zero-order chi connectivity index (χ0) is 15.5. The van der Waals surface area contributed by atoms with Crippen LogP contribution >= 0.6 is 35.6 Å². The number of halogens is 2. The van der Waals surface area contributed by atoms with Crippen LogP contribution in [0.5, 0.6) is 0 Å². The number of ether oxygens (including phenoxy) is 1. The van der Waals surface area contributed by atoms with Crippen LogP contribution in [0.15, 0.2) is 29.3 Å². The van der Waals surface area contributed by atoms with Crippen LogP contribution in [-0.4, -0.2) is 38.8 Å². The summed E-state index contributed by atoms with van der Waals surface area (Å²) in [6, 6.07) is 8.23. The molecule has 0 aliphatic carbocycles. The summed E-state index contributed by atoms with van der Waals surface area (Å²) in [4.78, 5) is 4.58. The van der Waals surface area contributed by atoms with Crippen molar-refractivity contribution >= 4 is 41.5 Å². The molecule has 22 heavy (non-hydrogen) atoms. The lowest BCUT2D eigenvalue weighted by Crippen LogP contribution is -2.44. The van der Waals surface area contributed by atoms with Gasteiger partial charge < -0.3 is 15.4 Å². The zero-order valence-corrected chi connectivity index (χ0v) is 16.7. The monoisotopic (exact) mass is 439 g/mol. The molecule has 1 aromatic carbocycles. The molecule has 0 saturated carbocycles. The lowest BCUT2D eigenvalue weighted by molar-refractivity contribution is 0.179. The number of rotatable bonds is 8. The number of methoxy groups -OCH3 is 1. The highest BCUT2D eigenvalue weighted by molar-refractivity contribution is 14.0. The van der Waals surface area contributed by atoms with Crippen molar-refractivity contribution < 1.29 is 4.74 Å². The third-order valence-corrected chi connectivity index (χ3v) is 3.20. The zero-order valence-electron chi connectivity index (χ0n) is 13.6. The third-order valence-electron chi connectivity index (χ3n) is 2.95. The molecule has 0 aliphatic heterocycles. The van der Waals surface area contributed by atoms with Crippen molar-refractivity contribution in [2.24, 2.45) is 4.99 Å². The molecule has 0 amide bonds. The highest BCUT2D eigenvalue weighted by atomic mass is 127. The van der Waals surface area contributed by atoms with E-state index in [1.807, 2.05) is 12.1 Å². The number of benzene rings is 1. The van der Waals surface area contributed by atoms with Crippen molar-refractivity contribution in [2.45, 2.75) is 32.7 Å². The van der Waals surface area contributed by atoms with Crippen molar-refractivity contribution in [3.8, 4) is 0 Å². The molecule has 1 atom stereocenters. The molecule has 126 valence electrons. The summed E-state index contributed by atoms with van der Waals surface area (Å²) in [6.45, 7) is 6.44. The van der Waals surface area contributed by atoms with E-state index < -0.39 is 0 Å². The van der Waals surface area contributed by atoms with Gasteiger partial charge in [0.15, 0.2) is 5.96 Å². The average molecular weight is 440 g/mol. The van der Waals surface area contributed by atoms with Crippen molar-refractivity contribution in [1.82, 2.24) is 10.6 Å². The number of aryl methyl sites for hydroxylation is 1. The van der Waals surface area contributed by atoms with Crippen LogP contribution in [0.25, 0.3) is 0 Å². The second-order valence-corrected chi connectivity index (χ2v) is 5.43. The maximum atomic E-state index is 5.87. The minimum absolute atomic E-state index is 0. The van der Waals surface area contributed by atoms with Crippen LogP contribution < -0.4 is 10.6 Å². The summed E-state index contributed by atoms with van der Waals surface area (Å²) in [6.07, 6.45) is 2.02. The SMILES string of the molecule is CCNC(=NCCCc1ccc(Cl)cc1)NC(C)COC.I. The Morgan fingerprint density at radius 1 is 1.32 bits per heavy atom. The number of hydrogen-bond acceptors (Lipinski definition) is 2. The molecule has 0 aromatic heterocycles. The van der Waals surface area contributed by atoms with Gasteiger partial charge in [-0.15, -0.1) is 24.0 Å².